The minimum absolute atomic E-state index is 0.640. The van der Waals surface area contributed by atoms with Gasteiger partial charge in [-0.05, 0) is 51.2 Å². The Hall–Kier alpha value is -0.0800. The molecule has 0 unspecified atom stereocenters. The summed E-state index contributed by atoms with van der Waals surface area (Å²) < 4.78 is 0. The Labute approximate surface area is 108 Å². The minimum Gasteiger partial charge on any atom is -0.315 e. The van der Waals surface area contributed by atoms with Gasteiger partial charge in [-0.1, -0.05) is 33.6 Å². The molecular formula is C15H32N2. The normalized spacial score (nSPS) is 16.8. The van der Waals surface area contributed by atoms with Gasteiger partial charge in [-0.25, -0.2) is 0 Å². The number of nitrogens with one attached hydrogen (secondary N) is 1. The topological polar surface area (TPSA) is 15.3 Å². The Bertz CT molecular complexity index is 176. The summed E-state index contributed by atoms with van der Waals surface area (Å²) in [4.78, 5) is 2.65. The Kier molecular flexibility index (Phi) is 7.87. The highest BCUT2D eigenvalue weighted by Crippen LogP contribution is 2.27. The van der Waals surface area contributed by atoms with E-state index >= 15 is 0 Å². The molecule has 1 fully saturated rings. The maximum Gasteiger partial charge on any atom is 0.00103 e. The molecule has 0 spiro atoms. The third kappa shape index (κ3) is 7.05. The Morgan fingerprint density at radius 1 is 1.18 bits per heavy atom. The van der Waals surface area contributed by atoms with Crippen molar-refractivity contribution in [3.63, 3.8) is 0 Å². The Balaban J connectivity index is 1.91. The van der Waals surface area contributed by atoms with Crippen molar-refractivity contribution in [3.8, 4) is 0 Å². The van der Waals surface area contributed by atoms with Gasteiger partial charge >= 0.3 is 0 Å². The van der Waals surface area contributed by atoms with E-state index in [0.717, 1.165) is 5.92 Å². The van der Waals surface area contributed by atoms with Crippen LogP contribution in [0.25, 0.3) is 0 Å². The fraction of sp³-hybridized carbons (Fsp3) is 1.00. The van der Waals surface area contributed by atoms with Crippen molar-refractivity contribution in [1.82, 2.24) is 10.2 Å². The van der Waals surface area contributed by atoms with E-state index in [1.54, 1.807) is 0 Å². The lowest BCUT2D eigenvalue weighted by Crippen LogP contribution is -2.33. The highest BCUT2D eigenvalue weighted by atomic mass is 15.1. The second-order valence-corrected chi connectivity index (χ2v) is 5.86. The molecule has 2 nitrogen and oxygen atoms in total. The summed E-state index contributed by atoms with van der Waals surface area (Å²) in [6.07, 6.45) is 8.52. The van der Waals surface area contributed by atoms with E-state index < -0.39 is 0 Å². The molecule has 1 aliphatic rings. The van der Waals surface area contributed by atoms with Crippen LogP contribution in [-0.2, 0) is 0 Å². The van der Waals surface area contributed by atoms with E-state index in [1.807, 2.05) is 0 Å². The van der Waals surface area contributed by atoms with Gasteiger partial charge in [-0.3, -0.25) is 0 Å². The zero-order valence-electron chi connectivity index (χ0n) is 12.2. The molecule has 0 aliphatic heterocycles. The number of hydrogen-bond donors (Lipinski definition) is 1. The number of hydrogen-bond acceptors (Lipinski definition) is 2. The van der Waals surface area contributed by atoms with Crippen molar-refractivity contribution in [2.45, 2.75) is 65.3 Å². The second kappa shape index (κ2) is 8.93. The monoisotopic (exact) mass is 240 g/mol. The number of nitrogens with zero attached hydrogens (tertiary/aromatic N) is 1. The lowest BCUT2D eigenvalue weighted by Gasteiger charge is -2.31. The van der Waals surface area contributed by atoms with Gasteiger partial charge in [-0.2, -0.15) is 0 Å². The van der Waals surface area contributed by atoms with Gasteiger partial charge in [0.25, 0.3) is 0 Å². The fourth-order valence-corrected chi connectivity index (χ4v) is 2.45. The summed E-state index contributed by atoms with van der Waals surface area (Å²) in [7, 11) is 0. The van der Waals surface area contributed by atoms with Crippen LogP contribution < -0.4 is 5.32 Å². The van der Waals surface area contributed by atoms with E-state index in [4.69, 9.17) is 0 Å². The van der Waals surface area contributed by atoms with Gasteiger partial charge in [0.1, 0.15) is 0 Å². The third-order valence-corrected chi connectivity index (χ3v) is 3.89. The lowest BCUT2D eigenvalue weighted by molar-refractivity contribution is 0.181. The molecule has 0 amide bonds. The Morgan fingerprint density at radius 3 is 2.47 bits per heavy atom. The molecule has 0 saturated heterocycles. The minimum atomic E-state index is 0.640. The van der Waals surface area contributed by atoms with E-state index in [2.05, 4.69) is 31.0 Å². The van der Waals surface area contributed by atoms with Crippen molar-refractivity contribution < 1.29 is 0 Å². The van der Waals surface area contributed by atoms with Crippen LogP contribution in [0.1, 0.15) is 59.3 Å². The van der Waals surface area contributed by atoms with E-state index in [1.165, 1.54) is 64.7 Å². The first-order valence-corrected chi connectivity index (χ1v) is 7.68. The summed E-state index contributed by atoms with van der Waals surface area (Å²) >= 11 is 0. The molecule has 2 heteroatoms. The van der Waals surface area contributed by atoms with Gasteiger partial charge in [0.15, 0.2) is 0 Å². The predicted molar refractivity (Wildman–Crippen MR) is 76.4 cm³/mol. The summed E-state index contributed by atoms with van der Waals surface area (Å²) in [5.41, 5.74) is 0. The van der Waals surface area contributed by atoms with Crippen LogP contribution in [0.2, 0.25) is 0 Å². The average molecular weight is 240 g/mol. The van der Waals surface area contributed by atoms with Gasteiger partial charge in [0.05, 0.1) is 0 Å². The molecule has 0 atom stereocenters. The van der Waals surface area contributed by atoms with Crippen LogP contribution in [0.3, 0.4) is 0 Å². The average Bonchev–Trinajstić information content (AvgIpc) is 2.24. The molecule has 0 radical (unpaired) electrons. The summed E-state index contributed by atoms with van der Waals surface area (Å²) in [6, 6.07) is 0.640. The first kappa shape index (κ1) is 15.0. The zero-order chi connectivity index (χ0) is 12.5. The van der Waals surface area contributed by atoms with E-state index in [-0.39, 0.29) is 0 Å². The lowest BCUT2D eigenvalue weighted by atomic mass is 9.85. The van der Waals surface area contributed by atoms with E-state index in [9.17, 15) is 0 Å². The van der Waals surface area contributed by atoms with Crippen molar-refractivity contribution in [3.05, 3.63) is 0 Å². The molecule has 1 rings (SSSR count). The third-order valence-electron chi connectivity index (χ3n) is 3.89. The second-order valence-electron chi connectivity index (χ2n) is 5.86. The molecular weight excluding hydrogens is 208 g/mol. The summed E-state index contributed by atoms with van der Waals surface area (Å²) in [5, 5.41) is 3.48. The number of rotatable bonds is 10. The molecule has 0 heterocycles. The molecule has 1 saturated carbocycles. The predicted octanol–water partition coefficient (Wildman–Crippen LogP) is 3.28. The van der Waals surface area contributed by atoms with Crippen LogP contribution in [0.15, 0.2) is 0 Å². The highest BCUT2D eigenvalue weighted by Gasteiger charge is 2.19. The van der Waals surface area contributed by atoms with Crippen LogP contribution >= 0.6 is 0 Å². The quantitative estimate of drug-likeness (QED) is 0.590. The van der Waals surface area contributed by atoms with Crippen molar-refractivity contribution in [2.75, 3.05) is 26.2 Å². The SMILES string of the molecule is CCN(CCCCCNC(C)C)CC1CCC1. The van der Waals surface area contributed by atoms with Crippen LogP contribution in [-0.4, -0.2) is 37.1 Å². The molecule has 1 aliphatic carbocycles. The van der Waals surface area contributed by atoms with Gasteiger partial charge < -0.3 is 10.2 Å². The molecule has 0 aromatic heterocycles. The highest BCUT2D eigenvalue weighted by molar-refractivity contribution is 4.73. The standard InChI is InChI=1S/C15H32N2/c1-4-17(13-15-9-8-10-15)12-7-5-6-11-16-14(2)3/h14-16H,4-13H2,1-3H3. The largest absolute Gasteiger partial charge is 0.315 e. The van der Waals surface area contributed by atoms with Gasteiger partial charge in [0, 0.05) is 12.6 Å². The summed E-state index contributed by atoms with van der Waals surface area (Å²) in [5.74, 6) is 1.03. The van der Waals surface area contributed by atoms with Crippen LogP contribution in [0.4, 0.5) is 0 Å². The molecule has 0 aromatic rings. The first-order valence-electron chi connectivity index (χ1n) is 7.68. The molecule has 0 bridgehead atoms. The van der Waals surface area contributed by atoms with E-state index in [0.29, 0.717) is 6.04 Å². The van der Waals surface area contributed by atoms with Gasteiger partial charge in [-0.15, -0.1) is 0 Å². The van der Waals surface area contributed by atoms with Gasteiger partial charge in [0.2, 0.25) is 0 Å². The smallest absolute Gasteiger partial charge is 0.00103 e. The molecule has 1 N–H and O–H groups in total. The molecule has 102 valence electrons. The maximum absolute atomic E-state index is 3.48. The van der Waals surface area contributed by atoms with Crippen molar-refractivity contribution in [1.29, 1.82) is 0 Å². The van der Waals surface area contributed by atoms with Crippen LogP contribution in [0.5, 0.6) is 0 Å². The first-order chi connectivity index (χ1) is 8.22. The Morgan fingerprint density at radius 2 is 1.94 bits per heavy atom. The van der Waals surface area contributed by atoms with Crippen molar-refractivity contribution >= 4 is 0 Å². The summed E-state index contributed by atoms with van der Waals surface area (Å²) in [6.45, 7) is 11.8. The number of unbranched alkanes of at least 4 members (excludes halogenated alkanes) is 2. The van der Waals surface area contributed by atoms with Crippen LogP contribution in [0, 0.1) is 5.92 Å². The molecule has 17 heavy (non-hydrogen) atoms. The van der Waals surface area contributed by atoms with Crippen molar-refractivity contribution in [2.24, 2.45) is 5.92 Å². The maximum atomic E-state index is 3.48. The zero-order valence-corrected chi connectivity index (χ0v) is 12.2. The molecule has 0 aromatic carbocycles. The fourth-order valence-electron chi connectivity index (χ4n) is 2.45.